The molecule has 0 N–H and O–H groups in total. The number of halogens is 3. The van der Waals surface area contributed by atoms with Crippen LogP contribution in [0.5, 0.6) is 0 Å². The number of Topliss-reactive ketones (excluding diaryl/α,β-unsaturated/α-hetero) is 1. The first kappa shape index (κ1) is 12.7. The summed E-state index contributed by atoms with van der Waals surface area (Å²) in [7, 11) is 0. The number of alkyl halides is 3. The Morgan fingerprint density at radius 1 is 0.944 bits per heavy atom. The topological polar surface area (TPSA) is 17.1 Å². The van der Waals surface area contributed by atoms with E-state index in [9.17, 15) is 13.6 Å². The van der Waals surface area contributed by atoms with Crippen LogP contribution in [0, 0.1) is 0 Å². The van der Waals surface area contributed by atoms with Gasteiger partial charge in [-0.3, -0.25) is 4.79 Å². The number of carbonyl (C=O) groups excluding carboxylic acids is 1. The van der Waals surface area contributed by atoms with E-state index in [0.29, 0.717) is 5.56 Å². The van der Waals surface area contributed by atoms with Crippen molar-refractivity contribution in [2.24, 2.45) is 0 Å². The third-order valence-corrected chi connectivity index (χ3v) is 2.66. The molecule has 0 fully saturated rings. The Hall–Kier alpha value is -1.74. The van der Waals surface area contributed by atoms with E-state index < -0.39 is 11.2 Å². The Labute approximate surface area is 108 Å². The van der Waals surface area contributed by atoms with Gasteiger partial charge in [0.05, 0.1) is 0 Å². The second kappa shape index (κ2) is 4.86. The van der Waals surface area contributed by atoms with Crippen molar-refractivity contribution in [2.45, 2.75) is 5.38 Å². The molecule has 0 heterocycles. The van der Waals surface area contributed by atoms with Crippen LogP contribution in [0.3, 0.4) is 0 Å². The second-order valence-corrected chi connectivity index (χ2v) is 4.25. The van der Waals surface area contributed by atoms with Gasteiger partial charge in [-0.15, -0.1) is 0 Å². The third kappa shape index (κ3) is 2.74. The fourth-order valence-electron chi connectivity index (χ4n) is 1.63. The number of hydrogen-bond donors (Lipinski definition) is 0. The fraction of sp³-hybridized carbons (Fsp3) is 0.0714. The van der Waals surface area contributed by atoms with E-state index in [1.54, 1.807) is 12.1 Å². The molecule has 4 heteroatoms. The minimum Gasteiger partial charge on any atom is -0.286 e. The van der Waals surface area contributed by atoms with Crippen molar-refractivity contribution in [3.8, 4) is 11.1 Å². The first-order chi connectivity index (χ1) is 8.48. The molecule has 0 saturated carbocycles. The summed E-state index contributed by atoms with van der Waals surface area (Å²) in [4.78, 5) is 11.4. The largest absolute Gasteiger partial charge is 0.384 e. The Morgan fingerprint density at radius 2 is 1.56 bits per heavy atom. The van der Waals surface area contributed by atoms with Gasteiger partial charge in [0.25, 0.3) is 0 Å². The van der Waals surface area contributed by atoms with Gasteiger partial charge in [-0.2, -0.15) is 8.78 Å². The molecule has 0 aliphatic heterocycles. The predicted molar refractivity (Wildman–Crippen MR) is 67.0 cm³/mol. The number of ketones is 1. The van der Waals surface area contributed by atoms with Crippen LogP contribution in [0.25, 0.3) is 11.1 Å². The highest BCUT2D eigenvalue weighted by Gasteiger charge is 2.36. The van der Waals surface area contributed by atoms with Gasteiger partial charge in [0.2, 0.25) is 5.78 Å². The van der Waals surface area contributed by atoms with Crippen molar-refractivity contribution in [3.05, 3.63) is 60.2 Å². The highest BCUT2D eigenvalue weighted by Crippen LogP contribution is 2.27. The molecule has 0 spiro atoms. The lowest BCUT2D eigenvalue weighted by Gasteiger charge is -2.08. The smallest absolute Gasteiger partial charge is 0.286 e. The van der Waals surface area contributed by atoms with Crippen molar-refractivity contribution in [1.82, 2.24) is 0 Å². The fourth-order valence-corrected chi connectivity index (χ4v) is 1.74. The van der Waals surface area contributed by atoms with Gasteiger partial charge in [-0.25, -0.2) is 0 Å². The van der Waals surface area contributed by atoms with Crippen molar-refractivity contribution < 1.29 is 13.6 Å². The molecular formula is C14H9ClF2O. The molecule has 1 nitrogen and oxygen atoms in total. The molecule has 0 saturated heterocycles. The van der Waals surface area contributed by atoms with Crippen molar-refractivity contribution in [1.29, 1.82) is 0 Å². The molecule has 18 heavy (non-hydrogen) atoms. The molecule has 2 aromatic carbocycles. The van der Waals surface area contributed by atoms with Crippen LogP contribution in [0.1, 0.15) is 10.4 Å². The van der Waals surface area contributed by atoms with E-state index in [2.05, 4.69) is 0 Å². The molecule has 2 aromatic rings. The van der Waals surface area contributed by atoms with E-state index in [0.717, 1.165) is 5.56 Å². The zero-order chi connectivity index (χ0) is 13.2. The van der Waals surface area contributed by atoms with E-state index in [-0.39, 0.29) is 5.56 Å². The molecule has 0 aliphatic rings. The summed E-state index contributed by atoms with van der Waals surface area (Å²) in [6, 6.07) is 15.2. The van der Waals surface area contributed by atoms with Gasteiger partial charge in [0.1, 0.15) is 0 Å². The summed E-state index contributed by atoms with van der Waals surface area (Å²) in [6.07, 6.45) is 0. The van der Waals surface area contributed by atoms with E-state index >= 15 is 0 Å². The summed E-state index contributed by atoms with van der Waals surface area (Å²) in [5, 5.41) is -3.87. The quantitative estimate of drug-likeness (QED) is 0.596. The normalized spacial score (nSPS) is 11.3. The molecule has 0 amide bonds. The van der Waals surface area contributed by atoms with Crippen LogP contribution >= 0.6 is 11.6 Å². The minimum absolute atomic E-state index is 0.101. The molecule has 0 unspecified atom stereocenters. The molecule has 0 aromatic heterocycles. The number of rotatable bonds is 3. The summed E-state index contributed by atoms with van der Waals surface area (Å²) < 4.78 is 25.5. The Kier molecular flexibility index (Phi) is 3.43. The van der Waals surface area contributed by atoms with Crippen LogP contribution in [0.15, 0.2) is 54.6 Å². The summed E-state index contributed by atoms with van der Waals surface area (Å²) in [5.41, 5.74) is 1.45. The first-order valence-corrected chi connectivity index (χ1v) is 5.63. The Bertz CT molecular complexity index is 562. The van der Waals surface area contributed by atoms with Gasteiger partial charge in [-0.1, -0.05) is 48.5 Å². The first-order valence-electron chi connectivity index (χ1n) is 5.25. The lowest BCUT2D eigenvalue weighted by Crippen LogP contribution is -2.21. The maximum atomic E-state index is 12.8. The van der Waals surface area contributed by atoms with Crippen molar-refractivity contribution in [3.63, 3.8) is 0 Å². The maximum absolute atomic E-state index is 12.8. The van der Waals surface area contributed by atoms with Gasteiger partial charge in [0, 0.05) is 5.56 Å². The van der Waals surface area contributed by atoms with E-state index in [1.165, 1.54) is 12.1 Å². The Morgan fingerprint density at radius 3 is 2.17 bits per heavy atom. The minimum atomic E-state index is -3.87. The lowest BCUT2D eigenvalue weighted by atomic mass is 10.0. The van der Waals surface area contributed by atoms with Crippen LogP contribution in [-0.4, -0.2) is 11.2 Å². The summed E-state index contributed by atoms with van der Waals surface area (Å²) >= 11 is 4.73. The summed E-state index contributed by atoms with van der Waals surface area (Å²) in [5.74, 6) is -1.39. The van der Waals surface area contributed by atoms with E-state index in [1.807, 2.05) is 30.3 Å². The number of benzene rings is 2. The van der Waals surface area contributed by atoms with Crippen molar-refractivity contribution >= 4 is 17.4 Å². The monoisotopic (exact) mass is 266 g/mol. The van der Waals surface area contributed by atoms with Gasteiger partial charge in [-0.05, 0) is 28.8 Å². The molecule has 92 valence electrons. The molecule has 0 radical (unpaired) electrons. The maximum Gasteiger partial charge on any atom is 0.384 e. The molecule has 0 aliphatic carbocycles. The van der Waals surface area contributed by atoms with Crippen LogP contribution in [0.4, 0.5) is 8.78 Å². The van der Waals surface area contributed by atoms with E-state index in [4.69, 9.17) is 11.6 Å². The molecule has 0 bridgehead atoms. The highest BCUT2D eigenvalue weighted by molar-refractivity contribution is 6.35. The number of carbonyl (C=O) groups is 1. The SMILES string of the molecule is O=C(c1cccc(-c2ccccc2)c1)C(F)(F)Cl. The zero-order valence-corrected chi connectivity index (χ0v) is 9.99. The Balaban J connectivity index is 2.41. The number of hydrogen-bond acceptors (Lipinski definition) is 1. The molecule has 0 atom stereocenters. The summed E-state index contributed by atoms with van der Waals surface area (Å²) in [6.45, 7) is 0. The molecule has 2 rings (SSSR count). The van der Waals surface area contributed by atoms with Gasteiger partial charge < -0.3 is 0 Å². The lowest BCUT2D eigenvalue weighted by molar-refractivity contribution is 0.0536. The highest BCUT2D eigenvalue weighted by atomic mass is 35.5. The standard InChI is InChI=1S/C14H9ClF2O/c15-14(16,17)13(18)12-8-4-7-11(9-12)10-5-2-1-3-6-10/h1-9H. The van der Waals surface area contributed by atoms with Crippen LogP contribution in [0.2, 0.25) is 0 Å². The van der Waals surface area contributed by atoms with Crippen LogP contribution in [-0.2, 0) is 0 Å². The predicted octanol–water partition coefficient (Wildman–Crippen LogP) is 4.37. The molecular weight excluding hydrogens is 258 g/mol. The zero-order valence-electron chi connectivity index (χ0n) is 9.24. The van der Waals surface area contributed by atoms with Crippen LogP contribution < -0.4 is 0 Å². The average molecular weight is 267 g/mol. The van der Waals surface area contributed by atoms with Gasteiger partial charge >= 0.3 is 5.38 Å². The second-order valence-electron chi connectivity index (χ2n) is 3.77. The average Bonchev–Trinajstić information content (AvgIpc) is 2.38. The van der Waals surface area contributed by atoms with Crippen molar-refractivity contribution in [2.75, 3.05) is 0 Å². The van der Waals surface area contributed by atoms with Gasteiger partial charge in [0.15, 0.2) is 0 Å². The third-order valence-electron chi connectivity index (χ3n) is 2.49.